The van der Waals surface area contributed by atoms with Crippen molar-refractivity contribution in [3.63, 3.8) is 0 Å². The summed E-state index contributed by atoms with van der Waals surface area (Å²) in [5.74, 6) is 1.29. The Hall–Kier alpha value is -2.01. The monoisotopic (exact) mass is 377 g/mol. The molecule has 0 spiro atoms. The van der Waals surface area contributed by atoms with Crippen LogP contribution in [-0.2, 0) is 6.54 Å². The van der Waals surface area contributed by atoms with E-state index in [-0.39, 0.29) is 5.91 Å². The van der Waals surface area contributed by atoms with Gasteiger partial charge in [-0.15, -0.1) is 0 Å². The van der Waals surface area contributed by atoms with Gasteiger partial charge in [-0.05, 0) is 59.6 Å². The SMILES string of the molecule is CCOc1ccc(CNC(=O)c2ccccc2Br)cc1OCC. The minimum atomic E-state index is -0.121. The Kier molecular flexibility index (Phi) is 6.47. The fraction of sp³-hybridized carbons (Fsp3) is 0.278. The van der Waals surface area contributed by atoms with Gasteiger partial charge in [-0.1, -0.05) is 18.2 Å². The highest BCUT2D eigenvalue weighted by Gasteiger charge is 2.10. The van der Waals surface area contributed by atoms with Crippen LogP contribution in [0.4, 0.5) is 0 Å². The molecule has 0 unspecified atom stereocenters. The van der Waals surface area contributed by atoms with Crippen molar-refractivity contribution in [1.29, 1.82) is 0 Å². The van der Waals surface area contributed by atoms with Crippen molar-refractivity contribution in [3.8, 4) is 11.5 Å². The molecule has 2 rings (SSSR count). The second-order valence-corrected chi connectivity index (χ2v) is 5.66. The van der Waals surface area contributed by atoms with Crippen LogP contribution in [0.5, 0.6) is 11.5 Å². The lowest BCUT2D eigenvalue weighted by Gasteiger charge is -2.13. The molecule has 0 saturated heterocycles. The average Bonchev–Trinajstić information content (AvgIpc) is 2.55. The van der Waals surface area contributed by atoms with E-state index in [0.29, 0.717) is 31.1 Å². The van der Waals surface area contributed by atoms with Crippen LogP contribution in [0, 0.1) is 0 Å². The normalized spacial score (nSPS) is 10.2. The van der Waals surface area contributed by atoms with E-state index < -0.39 is 0 Å². The van der Waals surface area contributed by atoms with Gasteiger partial charge in [0.05, 0.1) is 18.8 Å². The summed E-state index contributed by atoms with van der Waals surface area (Å²) in [6.07, 6.45) is 0. The van der Waals surface area contributed by atoms with Gasteiger partial charge in [0.15, 0.2) is 11.5 Å². The quantitative estimate of drug-likeness (QED) is 0.787. The van der Waals surface area contributed by atoms with Crippen LogP contribution < -0.4 is 14.8 Å². The fourth-order valence-electron chi connectivity index (χ4n) is 2.13. The van der Waals surface area contributed by atoms with Gasteiger partial charge in [0.1, 0.15) is 0 Å². The molecule has 4 nitrogen and oxygen atoms in total. The molecule has 0 aliphatic rings. The largest absolute Gasteiger partial charge is 0.490 e. The molecule has 0 fully saturated rings. The summed E-state index contributed by atoms with van der Waals surface area (Å²) in [6, 6.07) is 13.0. The molecule has 1 amide bonds. The van der Waals surface area contributed by atoms with Crippen LogP contribution in [0.3, 0.4) is 0 Å². The number of benzene rings is 2. The minimum Gasteiger partial charge on any atom is -0.490 e. The lowest BCUT2D eigenvalue weighted by molar-refractivity contribution is 0.0950. The van der Waals surface area contributed by atoms with Gasteiger partial charge < -0.3 is 14.8 Å². The van der Waals surface area contributed by atoms with Gasteiger partial charge in [0.25, 0.3) is 5.91 Å². The van der Waals surface area contributed by atoms with Crippen molar-refractivity contribution in [3.05, 3.63) is 58.1 Å². The van der Waals surface area contributed by atoms with Crippen molar-refractivity contribution in [2.45, 2.75) is 20.4 Å². The van der Waals surface area contributed by atoms with E-state index in [1.165, 1.54) is 0 Å². The predicted octanol–water partition coefficient (Wildman–Crippen LogP) is 4.18. The van der Waals surface area contributed by atoms with Crippen LogP contribution >= 0.6 is 15.9 Å². The number of hydrogen-bond acceptors (Lipinski definition) is 3. The minimum absolute atomic E-state index is 0.121. The van der Waals surface area contributed by atoms with Crippen LogP contribution in [0.2, 0.25) is 0 Å². The number of hydrogen-bond donors (Lipinski definition) is 1. The third kappa shape index (κ3) is 4.73. The number of rotatable bonds is 7. The average molecular weight is 378 g/mol. The molecule has 0 heterocycles. The van der Waals surface area contributed by atoms with Gasteiger partial charge in [-0.3, -0.25) is 4.79 Å². The Balaban J connectivity index is 2.07. The van der Waals surface area contributed by atoms with Crippen molar-refractivity contribution in [2.75, 3.05) is 13.2 Å². The molecular formula is C18H20BrNO3. The molecule has 1 N–H and O–H groups in total. The van der Waals surface area contributed by atoms with Crippen LogP contribution in [0.1, 0.15) is 29.8 Å². The Bertz CT molecular complexity index is 673. The fourth-order valence-corrected chi connectivity index (χ4v) is 2.59. The third-order valence-corrected chi connectivity index (χ3v) is 3.87. The smallest absolute Gasteiger partial charge is 0.252 e. The second-order valence-electron chi connectivity index (χ2n) is 4.81. The summed E-state index contributed by atoms with van der Waals surface area (Å²) in [7, 11) is 0. The first kappa shape index (κ1) is 17.3. The van der Waals surface area contributed by atoms with Crippen molar-refractivity contribution in [2.24, 2.45) is 0 Å². The lowest BCUT2D eigenvalue weighted by atomic mass is 10.1. The van der Waals surface area contributed by atoms with E-state index in [0.717, 1.165) is 15.8 Å². The van der Waals surface area contributed by atoms with Gasteiger partial charge in [-0.2, -0.15) is 0 Å². The van der Waals surface area contributed by atoms with Crippen LogP contribution in [0.25, 0.3) is 0 Å². The second kappa shape index (κ2) is 8.58. The molecule has 0 aromatic heterocycles. The number of nitrogens with one attached hydrogen (secondary N) is 1. The maximum atomic E-state index is 12.2. The molecule has 2 aromatic carbocycles. The third-order valence-electron chi connectivity index (χ3n) is 3.18. The topological polar surface area (TPSA) is 47.6 Å². The molecular weight excluding hydrogens is 358 g/mol. The first-order valence-electron chi connectivity index (χ1n) is 7.57. The summed E-state index contributed by atoms with van der Waals surface area (Å²) >= 11 is 3.38. The van der Waals surface area contributed by atoms with E-state index in [1.807, 2.05) is 50.2 Å². The summed E-state index contributed by atoms with van der Waals surface area (Å²) < 4.78 is 11.9. The number of amides is 1. The zero-order valence-corrected chi connectivity index (χ0v) is 14.9. The van der Waals surface area contributed by atoms with Crippen molar-refractivity contribution in [1.82, 2.24) is 5.32 Å². The van der Waals surface area contributed by atoms with E-state index >= 15 is 0 Å². The van der Waals surface area contributed by atoms with E-state index in [4.69, 9.17) is 9.47 Å². The molecule has 2 aromatic rings. The maximum absolute atomic E-state index is 12.2. The van der Waals surface area contributed by atoms with Gasteiger partial charge in [0, 0.05) is 11.0 Å². The molecule has 122 valence electrons. The van der Waals surface area contributed by atoms with E-state index in [1.54, 1.807) is 6.07 Å². The van der Waals surface area contributed by atoms with E-state index in [2.05, 4.69) is 21.2 Å². The highest BCUT2D eigenvalue weighted by molar-refractivity contribution is 9.10. The number of carbonyl (C=O) groups is 1. The molecule has 23 heavy (non-hydrogen) atoms. The first-order chi connectivity index (χ1) is 11.2. The molecule has 0 atom stereocenters. The molecule has 0 radical (unpaired) electrons. The molecule has 5 heteroatoms. The standard InChI is InChI=1S/C18H20BrNO3/c1-3-22-16-10-9-13(11-17(16)23-4-2)12-20-18(21)14-7-5-6-8-15(14)19/h5-11H,3-4,12H2,1-2H3,(H,20,21). The summed E-state index contributed by atoms with van der Waals surface area (Å²) in [4.78, 5) is 12.2. The number of carbonyl (C=O) groups excluding carboxylic acids is 1. The summed E-state index contributed by atoms with van der Waals surface area (Å²) in [5, 5.41) is 2.91. The molecule has 0 aliphatic heterocycles. The molecule has 0 aliphatic carbocycles. The van der Waals surface area contributed by atoms with Crippen LogP contribution in [0.15, 0.2) is 46.9 Å². The Morgan fingerprint density at radius 3 is 2.43 bits per heavy atom. The lowest BCUT2D eigenvalue weighted by Crippen LogP contribution is -2.23. The zero-order valence-electron chi connectivity index (χ0n) is 13.3. The summed E-state index contributed by atoms with van der Waals surface area (Å²) in [5.41, 5.74) is 1.57. The first-order valence-corrected chi connectivity index (χ1v) is 8.36. The Morgan fingerprint density at radius 1 is 1.04 bits per heavy atom. The maximum Gasteiger partial charge on any atom is 0.252 e. The molecule has 0 bridgehead atoms. The van der Waals surface area contributed by atoms with Crippen molar-refractivity contribution >= 4 is 21.8 Å². The summed E-state index contributed by atoms with van der Waals surface area (Å²) in [6.45, 7) is 5.43. The van der Waals surface area contributed by atoms with Gasteiger partial charge >= 0.3 is 0 Å². The van der Waals surface area contributed by atoms with Crippen LogP contribution in [-0.4, -0.2) is 19.1 Å². The highest BCUT2D eigenvalue weighted by Crippen LogP contribution is 2.28. The zero-order chi connectivity index (χ0) is 16.7. The Labute approximate surface area is 144 Å². The number of halogens is 1. The number of ether oxygens (including phenoxy) is 2. The predicted molar refractivity (Wildman–Crippen MR) is 94.1 cm³/mol. The molecule has 0 saturated carbocycles. The van der Waals surface area contributed by atoms with E-state index in [9.17, 15) is 4.79 Å². The van der Waals surface area contributed by atoms with Gasteiger partial charge in [0.2, 0.25) is 0 Å². The Morgan fingerprint density at radius 2 is 1.74 bits per heavy atom. The van der Waals surface area contributed by atoms with Crippen molar-refractivity contribution < 1.29 is 14.3 Å². The highest BCUT2D eigenvalue weighted by atomic mass is 79.9. The van der Waals surface area contributed by atoms with Gasteiger partial charge in [-0.25, -0.2) is 0 Å².